The molecule has 1 N–H and O–H groups in total. The Labute approximate surface area is 128 Å². The molecule has 0 aromatic heterocycles. The van der Waals surface area contributed by atoms with Gasteiger partial charge in [0.05, 0.1) is 12.7 Å². The van der Waals surface area contributed by atoms with E-state index in [-0.39, 0.29) is 6.04 Å². The topological polar surface area (TPSA) is 45.0 Å². The molecular weight excluding hydrogens is 260 g/mol. The van der Waals surface area contributed by atoms with E-state index in [0.29, 0.717) is 6.04 Å². The molecule has 0 heterocycles. The van der Waals surface area contributed by atoms with Crippen LogP contribution in [-0.2, 0) is 0 Å². The standard InChI is InChI=1S/C18H26N2O/c1-2-13-21-17-11-9-15(10-12-17)18(14-19)20-16-7-5-3-4-6-8-16/h9-12,16,18,20H,2-8,13H2,1H3. The lowest BCUT2D eigenvalue weighted by molar-refractivity contribution is 0.317. The van der Waals surface area contributed by atoms with Crippen LogP contribution in [-0.4, -0.2) is 12.6 Å². The SMILES string of the molecule is CCCOc1ccc(C(C#N)NC2CCCCCC2)cc1. The van der Waals surface area contributed by atoms with Crippen LogP contribution in [0.15, 0.2) is 24.3 Å². The molecule has 2 rings (SSSR count). The maximum atomic E-state index is 9.45. The van der Waals surface area contributed by atoms with Gasteiger partial charge < -0.3 is 4.74 Å². The van der Waals surface area contributed by atoms with Crippen LogP contribution in [0.2, 0.25) is 0 Å². The Morgan fingerprint density at radius 1 is 1.19 bits per heavy atom. The first-order valence-electron chi connectivity index (χ1n) is 8.22. The molecule has 3 nitrogen and oxygen atoms in total. The van der Waals surface area contributed by atoms with Gasteiger partial charge in [-0.2, -0.15) is 5.26 Å². The van der Waals surface area contributed by atoms with Crippen molar-refractivity contribution in [3.05, 3.63) is 29.8 Å². The van der Waals surface area contributed by atoms with Crippen LogP contribution in [0.1, 0.15) is 63.5 Å². The highest BCUT2D eigenvalue weighted by atomic mass is 16.5. The second-order valence-corrected chi connectivity index (χ2v) is 5.83. The lowest BCUT2D eigenvalue weighted by atomic mass is 10.0. The molecule has 1 fully saturated rings. The van der Waals surface area contributed by atoms with Crippen LogP contribution in [0.25, 0.3) is 0 Å². The third-order valence-electron chi connectivity index (χ3n) is 4.07. The minimum atomic E-state index is -0.215. The zero-order chi connectivity index (χ0) is 14.9. The molecule has 114 valence electrons. The number of nitrogens with zero attached hydrogens (tertiary/aromatic N) is 1. The van der Waals surface area contributed by atoms with Crippen LogP contribution >= 0.6 is 0 Å². The van der Waals surface area contributed by atoms with E-state index in [1.807, 2.05) is 24.3 Å². The van der Waals surface area contributed by atoms with E-state index in [0.717, 1.165) is 24.3 Å². The van der Waals surface area contributed by atoms with Gasteiger partial charge in [0.1, 0.15) is 11.8 Å². The smallest absolute Gasteiger partial charge is 0.121 e. The van der Waals surface area contributed by atoms with E-state index in [9.17, 15) is 5.26 Å². The van der Waals surface area contributed by atoms with Crippen molar-refractivity contribution in [3.63, 3.8) is 0 Å². The van der Waals surface area contributed by atoms with E-state index in [1.54, 1.807) is 0 Å². The van der Waals surface area contributed by atoms with Gasteiger partial charge in [0.2, 0.25) is 0 Å². The molecule has 1 aromatic carbocycles. The van der Waals surface area contributed by atoms with Gasteiger partial charge in [0.15, 0.2) is 0 Å². The predicted octanol–water partition coefficient (Wildman–Crippen LogP) is 4.35. The summed E-state index contributed by atoms with van der Waals surface area (Å²) >= 11 is 0. The van der Waals surface area contributed by atoms with E-state index < -0.39 is 0 Å². The second-order valence-electron chi connectivity index (χ2n) is 5.83. The van der Waals surface area contributed by atoms with Gasteiger partial charge in [-0.1, -0.05) is 44.7 Å². The Hall–Kier alpha value is -1.53. The summed E-state index contributed by atoms with van der Waals surface area (Å²) < 4.78 is 5.59. The van der Waals surface area contributed by atoms with Gasteiger partial charge in [0, 0.05) is 6.04 Å². The molecule has 0 saturated heterocycles. The third-order valence-corrected chi connectivity index (χ3v) is 4.07. The molecule has 0 aliphatic heterocycles. The van der Waals surface area contributed by atoms with Crippen molar-refractivity contribution in [1.29, 1.82) is 5.26 Å². The number of nitriles is 1. The highest BCUT2D eigenvalue weighted by Crippen LogP contribution is 2.22. The fourth-order valence-electron chi connectivity index (χ4n) is 2.87. The molecule has 1 aliphatic rings. The fraction of sp³-hybridized carbons (Fsp3) is 0.611. The van der Waals surface area contributed by atoms with Gasteiger partial charge >= 0.3 is 0 Å². The normalized spacial score (nSPS) is 17.7. The van der Waals surface area contributed by atoms with Crippen molar-refractivity contribution in [2.24, 2.45) is 0 Å². The molecule has 21 heavy (non-hydrogen) atoms. The van der Waals surface area contributed by atoms with E-state index in [4.69, 9.17) is 4.74 Å². The minimum absolute atomic E-state index is 0.215. The first-order valence-corrected chi connectivity index (χ1v) is 8.22. The van der Waals surface area contributed by atoms with Crippen molar-refractivity contribution in [1.82, 2.24) is 5.32 Å². The maximum absolute atomic E-state index is 9.45. The van der Waals surface area contributed by atoms with Crippen molar-refractivity contribution < 1.29 is 4.74 Å². The van der Waals surface area contributed by atoms with E-state index in [1.165, 1.54) is 38.5 Å². The molecule has 3 heteroatoms. The predicted molar refractivity (Wildman–Crippen MR) is 85.2 cm³/mol. The summed E-state index contributed by atoms with van der Waals surface area (Å²) in [5, 5.41) is 13.0. The zero-order valence-electron chi connectivity index (χ0n) is 13.0. The van der Waals surface area contributed by atoms with Gasteiger partial charge in [-0.25, -0.2) is 0 Å². The van der Waals surface area contributed by atoms with E-state index in [2.05, 4.69) is 18.3 Å². The first-order chi connectivity index (χ1) is 10.3. The van der Waals surface area contributed by atoms with Gasteiger partial charge in [0.25, 0.3) is 0 Å². The zero-order valence-corrected chi connectivity index (χ0v) is 13.0. The van der Waals surface area contributed by atoms with Gasteiger partial charge in [-0.15, -0.1) is 0 Å². The lowest BCUT2D eigenvalue weighted by Gasteiger charge is -2.20. The third kappa shape index (κ3) is 5.06. The van der Waals surface area contributed by atoms with Crippen molar-refractivity contribution >= 4 is 0 Å². The van der Waals surface area contributed by atoms with Crippen molar-refractivity contribution in [2.75, 3.05) is 6.61 Å². The summed E-state index contributed by atoms with van der Waals surface area (Å²) in [5.74, 6) is 0.881. The highest BCUT2D eigenvalue weighted by Gasteiger charge is 2.18. The molecule has 0 radical (unpaired) electrons. The molecule has 1 saturated carbocycles. The molecule has 1 unspecified atom stereocenters. The highest BCUT2D eigenvalue weighted by molar-refractivity contribution is 5.31. The number of hydrogen-bond donors (Lipinski definition) is 1. The number of hydrogen-bond acceptors (Lipinski definition) is 3. The summed E-state index contributed by atoms with van der Waals surface area (Å²) in [7, 11) is 0. The molecule has 0 spiro atoms. The van der Waals surface area contributed by atoms with Gasteiger partial charge in [-0.05, 0) is 37.0 Å². The van der Waals surface area contributed by atoms with Gasteiger partial charge in [-0.3, -0.25) is 5.32 Å². The van der Waals surface area contributed by atoms with Crippen LogP contribution in [0.3, 0.4) is 0 Å². The average Bonchev–Trinajstić information content (AvgIpc) is 2.80. The Kier molecular flexibility index (Phi) is 6.56. The number of benzene rings is 1. The monoisotopic (exact) mass is 286 g/mol. The molecule has 1 aliphatic carbocycles. The first kappa shape index (κ1) is 15.9. The quantitative estimate of drug-likeness (QED) is 0.791. The summed E-state index contributed by atoms with van der Waals surface area (Å²) in [5.41, 5.74) is 1.03. The van der Waals surface area contributed by atoms with Crippen LogP contribution < -0.4 is 10.1 Å². The summed E-state index contributed by atoms with van der Waals surface area (Å²) in [6, 6.07) is 10.6. The average molecular weight is 286 g/mol. The maximum Gasteiger partial charge on any atom is 0.121 e. The van der Waals surface area contributed by atoms with Crippen LogP contribution in [0, 0.1) is 11.3 Å². The number of rotatable bonds is 6. The second kappa shape index (κ2) is 8.69. The Bertz CT molecular complexity index is 441. The minimum Gasteiger partial charge on any atom is -0.494 e. The molecule has 1 aromatic rings. The summed E-state index contributed by atoms with van der Waals surface area (Å²) in [6.45, 7) is 2.83. The summed E-state index contributed by atoms with van der Waals surface area (Å²) in [6.07, 6.45) is 8.61. The largest absolute Gasteiger partial charge is 0.494 e. The Morgan fingerprint density at radius 2 is 1.86 bits per heavy atom. The Morgan fingerprint density at radius 3 is 2.43 bits per heavy atom. The van der Waals surface area contributed by atoms with Crippen molar-refractivity contribution in [2.45, 2.75) is 64.0 Å². The van der Waals surface area contributed by atoms with Crippen LogP contribution in [0.5, 0.6) is 5.75 Å². The number of ether oxygens (including phenoxy) is 1. The molecule has 0 bridgehead atoms. The number of nitrogens with one attached hydrogen (secondary N) is 1. The lowest BCUT2D eigenvalue weighted by Crippen LogP contribution is -2.31. The van der Waals surface area contributed by atoms with Crippen LogP contribution in [0.4, 0.5) is 0 Å². The summed E-state index contributed by atoms with van der Waals surface area (Å²) in [4.78, 5) is 0. The Balaban J connectivity index is 1.95. The van der Waals surface area contributed by atoms with Crippen molar-refractivity contribution in [3.8, 4) is 11.8 Å². The van der Waals surface area contributed by atoms with E-state index >= 15 is 0 Å². The molecule has 0 amide bonds. The molecular formula is C18H26N2O. The molecule has 1 atom stereocenters. The fourth-order valence-corrected chi connectivity index (χ4v) is 2.87.